The molecule has 1 heterocycles. The first-order valence-electron chi connectivity index (χ1n) is 4.45. The molecule has 1 unspecified atom stereocenters. The number of carbonyl (C=O) groups is 1. The van der Waals surface area contributed by atoms with Gasteiger partial charge in [0.15, 0.2) is 5.60 Å². The van der Waals surface area contributed by atoms with Gasteiger partial charge in [-0.1, -0.05) is 6.92 Å². The summed E-state index contributed by atoms with van der Waals surface area (Å²) >= 11 is 5.73. The number of ether oxygens (including phenoxy) is 2. The second-order valence-corrected chi connectivity index (χ2v) is 4.06. The molecular weight excluding hydrogens is 192 g/mol. The lowest BCUT2D eigenvalue weighted by atomic mass is 10.1. The van der Waals surface area contributed by atoms with Crippen molar-refractivity contribution in [3.05, 3.63) is 0 Å². The molecule has 0 aromatic carbocycles. The molecule has 76 valence electrons. The van der Waals surface area contributed by atoms with Crippen molar-refractivity contribution < 1.29 is 14.3 Å². The van der Waals surface area contributed by atoms with Crippen LogP contribution in [0.5, 0.6) is 0 Å². The molecule has 1 fully saturated rings. The van der Waals surface area contributed by atoms with Gasteiger partial charge in [0.1, 0.15) is 0 Å². The lowest BCUT2D eigenvalue weighted by molar-refractivity contribution is -0.175. The smallest absolute Gasteiger partial charge is 0.340 e. The number of halogens is 1. The zero-order chi connectivity index (χ0) is 10.1. The van der Waals surface area contributed by atoms with Crippen LogP contribution in [0.4, 0.5) is 0 Å². The Morgan fingerprint density at radius 2 is 2.08 bits per heavy atom. The number of rotatable bonds is 3. The van der Waals surface area contributed by atoms with Crippen LogP contribution in [0.15, 0.2) is 0 Å². The van der Waals surface area contributed by atoms with Crippen molar-refractivity contribution in [3.63, 3.8) is 0 Å². The highest BCUT2D eigenvalue weighted by molar-refractivity contribution is 6.18. The van der Waals surface area contributed by atoms with E-state index in [2.05, 4.69) is 0 Å². The molecule has 13 heavy (non-hydrogen) atoms. The van der Waals surface area contributed by atoms with Crippen LogP contribution in [0.1, 0.15) is 33.6 Å². The number of cyclic esters (lactones) is 1. The van der Waals surface area contributed by atoms with Crippen LogP contribution < -0.4 is 0 Å². The van der Waals surface area contributed by atoms with Crippen LogP contribution >= 0.6 is 11.6 Å². The lowest BCUT2D eigenvalue weighted by Gasteiger charge is -2.24. The Balaban J connectivity index is 2.78. The predicted molar refractivity (Wildman–Crippen MR) is 49.6 cm³/mol. The molecule has 0 aromatic heterocycles. The van der Waals surface area contributed by atoms with E-state index in [1.165, 1.54) is 0 Å². The standard InChI is InChI=1S/C9H15ClO3/c1-4-5-9(6-10)12-7(11)8(2,3)13-9/h4-6H2,1-3H3. The van der Waals surface area contributed by atoms with Crippen molar-refractivity contribution >= 4 is 17.6 Å². The highest BCUT2D eigenvalue weighted by Gasteiger charge is 2.51. The Morgan fingerprint density at radius 3 is 2.38 bits per heavy atom. The van der Waals surface area contributed by atoms with Crippen molar-refractivity contribution in [3.8, 4) is 0 Å². The third-order valence-corrected chi connectivity index (χ3v) is 2.45. The van der Waals surface area contributed by atoms with Crippen molar-refractivity contribution in [1.29, 1.82) is 0 Å². The van der Waals surface area contributed by atoms with Gasteiger partial charge in [0.2, 0.25) is 5.79 Å². The molecule has 1 aliphatic rings. The van der Waals surface area contributed by atoms with Gasteiger partial charge in [-0.25, -0.2) is 4.79 Å². The van der Waals surface area contributed by atoms with Crippen LogP contribution in [0.25, 0.3) is 0 Å². The SMILES string of the molecule is CCCC1(CCl)OC(=O)C(C)(C)O1. The summed E-state index contributed by atoms with van der Waals surface area (Å²) in [6.07, 6.45) is 1.52. The van der Waals surface area contributed by atoms with Gasteiger partial charge in [-0.05, 0) is 20.3 Å². The molecule has 0 N–H and O–H groups in total. The summed E-state index contributed by atoms with van der Waals surface area (Å²) in [6, 6.07) is 0. The highest BCUT2D eigenvalue weighted by atomic mass is 35.5. The van der Waals surface area contributed by atoms with Gasteiger partial charge in [0, 0.05) is 6.42 Å². The number of carbonyl (C=O) groups excluding carboxylic acids is 1. The summed E-state index contributed by atoms with van der Waals surface area (Å²) in [6.45, 7) is 5.38. The molecule has 0 aliphatic carbocycles. The van der Waals surface area contributed by atoms with Crippen molar-refractivity contribution in [2.45, 2.75) is 45.0 Å². The monoisotopic (exact) mass is 206 g/mol. The van der Waals surface area contributed by atoms with Gasteiger partial charge < -0.3 is 9.47 Å². The second-order valence-electron chi connectivity index (χ2n) is 3.80. The van der Waals surface area contributed by atoms with Gasteiger partial charge in [-0.3, -0.25) is 0 Å². The molecule has 0 radical (unpaired) electrons. The first-order chi connectivity index (χ1) is 5.96. The van der Waals surface area contributed by atoms with E-state index in [0.717, 1.165) is 6.42 Å². The Labute approximate surface area is 83.3 Å². The average Bonchev–Trinajstić information content (AvgIpc) is 2.24. The van der Waals surface area contributed by atoms with E-state index in [-0.39, 0.29) is 11.8 Å². The van der Waals surface area contributed by atoms with Crippen LogP contribution in [-0.2, 0) is 14.3 Å². The van der Waals surface area contributed by atoms with Gasteiger partial charge in [0.05, 0.1) is 5.88 Å². The minimum Gasteiger partial charge on any atom is -0.430 e. The average molecular weight is 207 g/mol. The fraction of sp³-hybridized carbons (Fsp3) is 0.889. The van der Waals surface area contributed by atoms with E-state index < -0.39 is 11.4 Å². The molecule has 0 aromatic rings. The molecule has 0 amide bonds. The van der Waals surface area contributed by atoms with Gasteiger partial charge in [-0.2, -0.15) is 0 Å². The third kappa shape index (κ3) is 1.97. The number of alkyl halides is 1. The maximum atomic E-state index is 11.3. The fourth-order valence-electron chi connectivity index (χ4n) is 1.42. The Kier molecular flexibility index (Phi) is 2.88. The first-order valence-corrected chi connectivity index (χ1v) is 4.99. The van der Waals surface area contributed by atoms with E-state index in [0.29, 0.717) is 6.42 Å². The topological polar surface area (TPSA) is 35.5 Å². The first kappa shape index (κ1) is 10.8. The van der Waals surface area contributed by atoms with Crippen molar-refractivity contribution in [2.75, 3.05) is 5.88 Å². The minimum atomic E-state index is -0.892. The molecule has 0 spiro atoms. The summed E-state index contributed by atoms with van der Waals surface area (Å²) in [5.74, 6) is -1.03. The molecule has 0 bridgehead atoms. The third-order valence-electron chi connectivity index (χ3n) is 2.05. The number of esters is 1. The molecule has 3 nitrogen and oxygen atoms in total. The molecular formula is C9H15ClO3. The second kappa shape index (κ2) is 3.46. The molecule has 4 heteroatoms. The number of hydrogen-bond donors (Lipinski definition) is 0. The molecule has 1 saturated heterocycles. The summed E-state index contributed by atoms with van der Waals surface area (Å²) in [4.78, 5) is 11.3. The Morgan fingerprint density at radius 1 is 1.46 bits per heavy atom. The summed E-state index contributed by atoms with van der Waals surface area (Å²) in [5.41, 5.74) is -0.857. The molecule has 1 atom stereocenters. The maximum Gasteiger partial charge on any atom is 0.340 e. The molecule has 0 saturated carbocycles. The van der Waals surface area contributed by atoms with Crippen LogP contribution in [0, 0.1) is 0 Å². The van der Waals surface area contributed by atoms with E-state index in [1.54, 1.807) is 13.8 Å². The van der Waals surface area contributed by atoms with E-state index in [9.17, 15) is 4.79 Å². The lowest BCUT2D eigenvalue weighted by Crippen LogP contribution is -2.35. The predicted octanol–water partition coefficient (Wildman–Crippen LogP) is 2.07. The van der Waals surface area contributed by atoms with Crippen LogP contribution in [-0.4, -0.2) is 23.2 Å². The highest BCUT2D eigenvalue weighted by Crippen LogP contribution is 2.36. The van der Waals surface area contributed by atoms with Crippen molar-refractivity contribution in [1.82, 2.24) is 0 Å². The van der Waals surface area contributed by atoms with Crippen LogP contribution in [0.3, 0.4) is 0 Å². The zero-order valence-corrected chi connectivity index (χ0v) is 8.98. The zero-order valence-electron chi connectivity index (χ0n) is 8.22. The quantitative estimate of drug-likeness (QED) is 0.524. The summed E-state index contributed by atoms with van der Waals surface area (Å²) < 4.78 is 10.7. The van der Waals surface area contributed by atoms with E-state index in [4.69, 9.17) is 21.1 Å². The van der Waals surface area contributed by atoms with E-state index in [1.807, 2.05) is 6.92 Å². The van der Waals surface area contributed by atoms with Gasteiger partial charge in [-0.15, -0.1) is 11.6 Å². The van der Waals surface area contributed by atoms with E-state index >= 15 is 0 Å². The minimum absolute atomic E-state index is 0.190. The maximum absolute atomic E-state index is 11.3. The molecule has 1 aliphatic heterocycles. The Hall–Kier alpha value is -0.280. The van der Waals surface area contributed by atoms with Gasteiger partial charge in [0.25, 0.3) is 0 Å². The Bertz CT molecular complexity index is 215. The normalized spacial score (nSPS) is 31.8. The van der Waals surface area contributed by atoms with Crippen molar-refractivity contribution in [2.24, 2.45) is 0 Å². The fourth-order valence-corrected chi connectivity index (χ4v) is 1.67. The molecule has 1 rings (SSSR count). The van der Waals surface area contributed by atoms with Gasteiger partial charge >= 0.3 is 5.97 Å². The number of hydrogen-bond acceptors (Lipinski definition) is 3. The summed E-state index contributed by atoms with van der Waals surface area (Å²) in [5, 5.41) is 0. The summed E-state index contributed by atoms with van der Waals surface area (Å²) in [7, 11) is 0. The largest absolute Gasteiger partial charge is 0.430 e. The van der Waals surface area contributed by atoms with Crippen LogP contribution in [0.2, 0.25) is 0 Å².